The van der Waals surface area contributed by atoms with Crippen molar-refractivity contribution in [3.05, 3.63) is 39.7 Å². The third kappa shape index (κ3) is 4.19. The molecule has 1 aromatic carbocycles. The predicted molar refractivity (Wildman–Crippen MR) is 145 cm³/mol. The van der Waals surface area contributed by atoms with Crippen LogP contribution in [-0.4, -0.2) is 88.7 Å². The van der Waals surface area contributed by atoms with E-state index in [1.54, 1.807) is 20.2 Å². The van der Waals surface area contributed by atoms with Crippen molar-refractivity contribution in [1.29, 1.82) is 0 Å². The van der Waals surface area contributed by atoms with Crippen LogP contribution < -0.4 is 16.0 Å². The van der Waals surface area contributed by atoms with Crippen LogP contribution in [0.15, 0.2) is 23.0 Å². The molecule has 0 spiro atoms. The van der Waals surface area contributed by atoms with E-state index in [1.807, 2.05) is 19.0 Å². The first-order chi connectivity index (χ1) is 18.2. The van der Waals surface area contributed by atoms with Gasteiger partial charge in [-0.3, -0.25) is 19.3 Å². The van der Waals surface area contributed by atoms with Crippen molar-refractivity contribution < 1.29 is 34.8 Å². The van der Waals surface area contributed by atoms with Crippen molar-refractivity contribution in [2.24, 2.45) is 17.6 Å². The van der Waals surface area contributed by atoms with Crippen molar-refractivity contribution in [2.45, 2.75) is 57.3 Å². The zero-order valence-corrected chi connectivity index (χ0v) is 23.2. The number of rotatable bonds is 7. The maximum absolute atomic E-state index is 14.0. The smallest absolute Gasteiger partial charge is 0.255 e. The molecule has 1 fully saturated rings. The highest BCUT2D eigenvalue weighted by Gasteiger charge is 2.64. The summed E-state index contributed by atoms with van der Waals surface area (Å²) in [5, 5.41) is 48.6. The molecule has 0 aromatic heterocycles. The topological polar surface area (TPSA) is 177 Å². The monoisotopic (exact) mass is 542 g/mol. The van der Waals surface area contributed by atoms with E-state index in [2.05, 4.69) is 19.2 Å². The molecule has 11 heteroatoms. The highest BCUT2D eigenvalue weighted by Crippen LogP contribution is 2.54. The van der Waals surface area contributed by atoms with Crippen LogP contribution in [0.2, 0.25) is 0 Å². The number of hydrogen-bond acceptors (Lipinski definition) is 10. The van der Waals surface area contributed by atoms with E-state index >= 15 is 0 Å². The lowest BCUT2D eigenvalue weighted by Crippen LogP contribution is -2.65. The molecule has 0 aliphatic heterocycles. The fourth-order valence-electron chi connectivity index (χ4n) is 6.49. The zero-order chi connectivity index (χ0) is 29.1. The van der Waals surface area contributed by atoms with Gasteiger partial charge in [0, 0.05) is 43.9 Å². The number of phenolic OH excluding ortho intramolecular Hbond substituents is 1. The minimum absolute atomic E-state index is 0.0503. The maximum atomic E-state index is 14.0. The molecular weight excluding hydrogens is 504 g/mol. The van der Waals surface area contributed by atoms with Crippen LogP contribution in [-0.2, 0) is 27.3 Å². The van der Waals surface area contributed by atoms with E-state index in [9.17, 15) is 34.8 Å². The van der Waals surface area contributed by atoms with E-state index < -0.39 is 58.0 Å². The minimum atomic E-state index is -2.65. The number of carbonyl (C=O) groups is 3. The van der Waals surface area contributed by atoms with Gasteiger partial charge in [-0.05, 0) is 63.4 Å². The molecule has 1 amide bonds. The number of anilines is 1. The van der Waals surface area contributed by atoms with Crippen molar-refractivity contribution >= 4 is 28.9 Å². The van der Waals surface area contributed by atoms with Gasteiger partial charge >= 0.3 is 0 Å². The molecule has 7 N–H and O–H groups in total. The summed E-state index contributed by atoms with van der Waals surface area (Å²) in [6.07, 6.45) is 1.21. The first kappa shape index (κ1) is 28.6. The highest BCUT2D eigenvalue weighted by atomic mass is 16.3. The molecule has 212 valence electrons. The molecule has 39 heavy (non-hydrogen) atoms. The summed E-state index contributed by atoms with van der Waals surface area (Å²) in [6, 6.07) is 0.676. The number of Topliss-reactive ketones (excluding diaryl/α,β-unsaturated/α-hetero) is 2. The number of aromatic hydroxyl groups is 1. The molecule has 3 aliphatic carbocycles. The van der Waals surface area contributed by atoms with Crippen LogP contribution in [0.3, 0.4) is 0 Å². The number of nitrogens with one attached hydrogen (secondary N) is 1. The molecule has 1 unspecified atom stereocenters. The summed E-state index contributed by atoms with van der Waals surface area (Å²) in [4.78, 5) is 42.7. The van der Waals surface area contributed by atoms with E-state index in [0.29, 0.717) is 12.1 Å². The molecule has 5 atom stereocenters. The first-order valence-electron chi connectivity index (χ1n) is 13.1. The van der Waals surface area contributed by atoms with Gasteiger partial charge in [0.25, 0.3) is 5.91 Å². The summed E-state index contributed by atoms with van der Waals surface area (Å²) < 4.78 is 0. The number of ketones is 2. The van der Waals surface area contributed by atoms with Crippen LogP contribution >= 0.6 is 0 Å². The number of aliphatic hydroxyl groups excluding tert-OH is 2. The average molecular weight is 543 g/mol. The molecule has 0 saturated heterocycles. The van der Waals surface area contributed by atoms with Gasteiger partial charge in [-0.25, -0.2) is 0 Å². The number of aliphatic hydroxyl groups is 3. The lowest BCUT2D eigenvalue weighted by atomic mass is 9.57. The Morgan fingerprint density at radius 2 is 1.85 bits per heavy atom. The van der Waals surface area contributed by atoms with Gasteiger partial charge < -0.3 is 36.4 Å². The second kappa shape index (κ2) is 9.96. The first-order valence-corrected chi connectivity index (χ1v) is 13.1. The van der Waals surface area contributed by atoms with Gasteiger partial charge in [0.05, 0.1) is 11.6 Å². The Kier molecular flexibility index (Phi) is 7.30. The number of nitrogens with two attached hydrogens (primary N) is 1. The number of fused-ring (bicyclic) bond motifs is 3. The van der Waals surface area contributed by atoms with E-state index in [-0.39, 0.29) is 35.8 Å². The van der Waals surface area contributed by atoms with Crippen molar-refractivity contribution in [2.75, 3.05) is 33.1 Å². The number of nitrogens with zero attached hydrogens (tertiary/aromatic N) is 2. The Bertz CT molecular complexity index is 1320. The van der Waals surface area contributed by atoms with Gasteiger partial charge in [-0.1, -0.05) is 6.92 Å². The second-order valence-electron chi connectivity index (χ2n) is 11.3. The number of carbonyl (C=O) groups excluding carboxylic acids is 3. The number of primary amides is 1. The summed E-state index contributed by atoms with van der Waals surface area (Å²) in [6.45, 7) is 4.60. The Balaban J connectivity index is 1.93. The van der Waals surface area contributed by atoms with Crippen LogP contribution in [0.25, 0.3) is 5.76 Å². The van der Waals surface area contributed by atoms with Crippen molar-refractivity contribution in [3.8, 4) is 5.75 Å². The number of amides is 1. The molecule has 1 aromatic rings. The van der Waals surface area contributed by atoms with Crippen molar-refractivity contribution in [1.82, 2.24) is 10.2 Å². The SMILES string of the molecule is CCC(C)NCc1cc(O)c2c(c1N(C)C)C[C@H]1C[C@H]3[C@H](N(C)C)C(=O)C(C(N)=O)=C(O)[C@@]3(O)C(=O)C1=C2O. The molecule has 4 rings (SSSR count). The molecule has 0 radical (unpaired) electrons. The summed E-state index contributed by atoms with van der Waals surface area (Å²) in [5.74, 6) is -6.58. The van der Waals surface area contributed by atoms with Crippen LogP contribution in [0.4, 0.5) is 5.69 Å². The standard InChI is InChI=1S/C28H38N4O7/c1-7-12(2)30-11-14-10-17(33)19-15(21(14)31(3)4)8-13-9-16-22(32(5)6)24(35)20(27(29)38)26(37)28(16,39)25(36)18(13)23(19)34/h10,12-13,16,22,30,33-34,37,39H,7-9,11H2,1-6H3,(H2,29,38)/t12?,13-,16-,22-,28-/m0/s1. The Morgan fingerprint density at radius 3 is 2.38 bits per heavy atom. The summed E-state index contributed by atoms with van der Waals surface area (Å²) in [7, 11) is 6.87. The Labute approximate surface area is 227 Å². The van der Waals surface area contributed by atoms with Crippen LogP contribution in [0.1, 0.15) is 43.4 Å². The normalized spacial score (nSPS) is 27.3. The predicted octanol–water partition coefficient (Wildman–Crippen LogP) is 0.918. The van der Waals surface area contributed by atoms with Gasteiger partial charge in [-0.15, -0.1) is 0 Å². The average Bonchev–Trinajstić information content (AvgIpc) is 2.83. The molecule has 0 bridgehead atoms. The van der Waals surface area contributed by atoms with Gasteiger partial charge in [0.15, 0.2) is 11.4 Å². The number of phenols is 1. The van der Waals surface area contributed by atoms with Gasteiger partial charge in [-0.2, -0.15) is 0 Å². The highest BCUT2D eigenvalue weighted by molar-refractivity contribution is 6.24. The van der Waals surface area contributed by atoms with E-state index in [1.165, 1.54) is 4.90 Å². The number of hydrogen-bond donors (Lipinski definition) is 6. The van der Waals surface area contributed by atoms with Crippen molar-refractivity contribution in [3.63, 3.8) is 0 Å². The van der Waals surface area contributed by atoms with E-state index in [4.69, 9.17) is 5.73 Å². The fraction of sp³-hybridized carbons (Fsp3) is 0.536. The van der Waals surface area contributed by atoms with Crippen LogP contribution in [0.5, 0.6) is 5.75 Å². The van der Waals surface area contributed by atoms with E-state index in [0.717, 1.165) is 17.7 Å². The number of likely N-dealkylation sites (N-methyl/N-ethyl adjacent to an activating group) is 1. The molecule has 0 heterocycles. The third-order valence-corrected chi connectivity index (χ3v) is 8.47. The molecule has 3 aliphatic rings. The number of benzene rings is 1. The van der Waals surface area contributed by atoms with Crippen LogP contribution in [0, 0.1) is 11.8 Å². The third-order valence-electron chi connectivity index (χ3n) is 8.47. The zero-order valence-electron chi connectivity index (χ0n) is 23.2. The quantitative estimate of drug-likeness (QED) is 0.272. The minimum Gasteiger partial charge on any atom is -0.508 e. The Morgan fingerprint density at radius 1 is 1.21 bits per heavy atom. The van der Waals surface area contributed by atoms with Gasteiger partial charge in [0.2, 0.25) is 5.78 Å². The molecular formula is C28H38N4O7. The maximum Gasteiger partial charge on any atom is 0.255 e. The largest absolute Gasteiger partial charge is 0.508 e. The second-order valence-corrected chi connectivity index (χ2v) is 11.3. The van der Waals surface area contributed by atoms with Gasteiger partial charge in [0.1, 0.15) is 22.8 Å². The summed E-state index contributed by atoms with van der Waals surface area (Å²) >= 11 is 0. The molecule has 1 saturated carbocycles. The molecule has 11 nitrogen and oxygen atoms in total. The summed E-state index contributed by atoms with van der Waals surface area (Å²) in [5.41, 5.74) is 4.07. The lowest BCUT2D eigenvalue weighted by Gasteiger charge is -2.50. The Hall–Kier alpha value is -3.41. The lowest BCUT2D eigenvalue weighted by molar-refractivity contribution is -0.153. The fourth-order valence-corrected chi connectivity index (χ4v) is 6.49.